The highest BCUT2D eigenvalue weighted by Crippen LogP contribution is 2.22. The molecule has 2 heterocycles. The minimum Gasteiger partial charge on any atom is -0.425 e. The summed E-state index contributed by atoms with van der Waals surface area (Å²) >= 11 is 0. The van der Waals surface area contributed by atoms with Gasteiger partial charge in [0.05, 0.1) is 5.39 Å². The van der Waals surface area contributed by atoms with E-state index < -0.39 is 5.91 Å². The average molecular weight is 347 g/mol. The normalized spacial score (nSPS) is 11.0. The number of carbonyl (C=O) groups excluding carboxylic acids is 2. The lowest BCUT2D eigenvalue weighted by Crippen LogP contribution is -2.11. The number of nitrogens with one attached hydrogen (secondary N) is 1. The molecule has 2 aromatic heterocycles. The van der Waals surface area contributed by atoms with Gasteiger partial charge in [-0.05, 0) is 31.2 Å². The summed E-state index contributed by atoms with van der Waals surface area (Å²) in [5, 5.41) is 3.27. The molecule has 1 amide bonds. The summed E-state index contributed by atoms with van der Waals surface area (Å²) in [5.41, 5.74) is 1.06. The van der Waals surface area contributed by atoms with Crippen LogP contribution in [0, 0.1) is 0 Å². The van der Waals surface area contributed by atoms with E-state index in [4.69, 9.17) is 8.83 Å². The van der Waals surface area contributed by atoms with Gasteiger partial charge in [0, 0.05) is 17.3 Å². The molecule has 0 saturated heterocycles. The maximum absolute atomic E-state index is 12.5. The Labute approximate surface area is 147 Å². The van der Waals surface area contributed by atoms with Crippen molar-refractivity contribution >= 4 is 39.5 Å². The van der Waals surface area contributed by atoms with Gasteiger partial charge in [0.15, 0.2) is 11.5 Å². The second-order valence-electron chi connectivity index (χ2n) is 5.83. The SMILES string of the molecule is CC(=O)c1cccc(NC(=O)c2cc3c(=O)c4ccccc4oc3o2)c1. The van der Waals surface area contributed by atoms with Crippen molar-refractivity contribution < 1.29 is 18.4 Å². The minimum absolute atomic E-state index is 0.00339. The quantitative estimate of drug-likeness (QED) is 0.566. The monoisotopic (exact) mass is 347 g/mol. The van der Waals surface area contributed by atoms with Crippen molar-refractivity contribution in [2.75, 3.05) is 5.32 Å². The zero-order valence-electron chi connectivity index (χ0n) is 13.7. The number of amides is 1. The van der Waals surface area contributed by atoms with Gasteiger partial charge in [-0.1, -0.05) is 24.3 Å². The molecule has 2 aromatic carbocycles. The summed E-state index contributed by atoms with van der Waals surface area (Å²) in [6, 6.07) is 14.7. The number of hydrogen-bond acceptors (Lipinski definition) is 5. The van der Waals surface area contributed by atoms with E-state index in [9.17, 15) is 14.4 Å². The van der Waals surface area contributed by atoms with Gasteiger partial charge < -0.3 is 14.2 Å². The van der Waals surface area contributed by atoms with E-state index in [1.54, 1.807) is 48.5 Å². The first-order valence-corrected chi connectivity index (χ1v) is 7.90. The van der Waals surface area contributed by atoms with Crippen molar-refractivity contribution in [2.24, 2.45) is 0 Å². The molecule has 0 saturated carbocycles. The predicted molar refractivity (Wildman–Crippen MR) is 96.7 cm³/mol. The van der Waals surface area contributed by atoms with Crippen molar-refractivity contribution in [1.29, 1.82) is 0 Å². The summed E-state index contributed by atoms with van der Waals surface area (Å²) in [6.45, 7) is 1.45. The lowest BCUT2D eigenvalue weighted by molar-refractivity contribution is 0.0992. The van der Waals surface area contributed by atoms with E-state index in [0.717, 1.165) is 0 Å². The molecule has 0 atom stereocenters. The fourth-order valence-electron chi connectivity index (χ4n) is 2.72. The molecule has 0 aliphatic carbocycles. The Hall–Kier alpha value is -3.67. The molecule has 0 unspecified atom stereocenters. The Morgan fingerprint density at radius 1 is 0.923 bits per heavy atom. The lowest BCUT2D eigenvalue weighted by Gasteiger charge is -2.04. The van der Waals surface area contributed by atoms with Crippen molar-refractivity contribution in [2.45, 2.75) is 6.92 Å². The van der Waals surface area contributed by atoms with E-state index in [0.29, 0.717) is 22.2 Å². The van der Waals surface area contributed by atoms with Crippen LogP contribution in [0.4, 0.5) is 5.69 Å². The van der Waals surface area contributed by atoms with E-state index in [-0.39, 0.29) is 28.1 Å². The number of furan rings is 1. The van der Waals surface area contributed by atoms with E-state index in [1.807, 2.05) is 0 Å². The van der Waals surface area contributed by atoms with Crippen LogP contribution in [0.2, 0.25) is 0 Å². The van der Waals surface area contributed by atoms with E-state index in [1.165, 1.54) is 13.0 Å². The number of para-hydroxylation sites is 1. The molecule has 0 radical (unpaired) electrons. The fraction of sp³-hybridized carbons (Fsp3) is 0.0500. The molecule has 0 bridgehead atoms. The summed E-state index contributed by atoms with van der Waals surface area (Å²) in [7, 11) is 0. The van der Waals surface area contributed by atoms with Gasteiger partial charge in [0.2, 0.25) is 5.43 Å². The van der Waals surface area contributed by atoms with Crippen molar-refractivity contribution in [3.05, 3.63) is 76.1 Å². The highest BCUT2D eigenvalue weighted by molar-refractivity contribution is 6.05. The third-order valence-corrected chi connectivity index (χ3v) is 4.03. The molecule has 6 heteroatoms. The first kappa shape index (κ1) is 15.8. The van der Waals surface area contributed by atoms with Crippen LogP contribution in [-0.2, 0) is 0 Å². The Morgan fingerprint density at radius 3 is 2.54 bits per heavy atom. The zero-order chi connectivity index (χ0) is 18.3. The second-order valence-corrected chi connectivity index (χ2v) is 5.83. The molecule has 128 valence electrons. The molecule has 6 nitrogen and oxygen atoms in total. The van der Waals surface area contributed by atoms with Crippen molar-refractivity contribution in [3.8, 4) is 0 Å². The molecule has 0 fully saturated rings. The van der Waals surface area contributed by atoms with Gasteiger partial charge in [-0.3, -0.25) is 14.4 Å². The number of ketones is 1. The molecule has 0 aliphatic rings. The first-order valence-electron chi connectivity index (χ1n) is 7.90. The summed E-state index contributed by atoms with van der Waals surface area (Å²) < 4.78 is 11.0. The second kappa shape index (κ2) is 6.00. The number of benzene rings is 2. The molecular weight excluding hydrogens is 334 g/mol. The number of anilines is 1. The molecule has 26 heavy (non-hydrogen) atoms. The zero-order valence-corrected chi connectivity index (χ0v) is 13.7. The topological polar surface area (TPSA) is 89.5 Å². The Balaban J connectivity index is 1.72. The van der Waals surface area contributed by atoms with Gasteiger partial charge >= 0.3 is 5.78 Å². The Kier molecular flexibility index (Phi) is 3.65. The molecule has 4 rings (SSSR count). The van der Waals surface area contributed by atoms with Gasteiger partial charge in [-0.25, -0.2) is 0 Å². The van der Waals surface area contributed by atoms with Crippen LogP contribution in [0.5, 0.6) is 0 Å². The van der Waals surface area contributed by atoms with Crippen LogP contribution >= 0.6 is 0 Å². The van der Waals surface area contributed by atoms with Crippen LogP contribution in [0.25, 0.3) is 22.1 Å². The predicted octanol–water partition coefficient (Wildman–Crippen LogP) is 3.99. The van der Waals surface area contributed by atoms with Crippen LogP contribution < -0.4 is 10.7 Å². The maximum atomic E-state index is 12.5. The first-order chi connectivity index (χ1) is 12.5. The number of hydrogen-bond donors (Lipinski definition) is 1. The smallest absolute Gasteiger partial charge is 0.302 e. The van der Waals surface area contributed by atoms with E-state index >= 15 is 0 Å². The molecule has 0 aliphatic heterocycles. The third-order valence-electron chi connectivity index (χ3n) is 4.03. The van der Waals surface area contributed by atoms with Gasteiger partial charge in [0.25, 0.3) is 5.91 Å². The summed E-state index contributed by atoms with van der Waals surface area (Å²) in [6.07, 6.45) is 0. The molecule has 0 spiro atoms. The Bertz CT molecular complexity index is 1230. The number of fused-ring (bicyclic) bond motifs is 2. The van der Waals surface area contributed by atoms with Crippen LogP contribution in [0.3, 0.4) is 0 Å². The maximum Gasteiger partial charge on any atom is 0.302 e. The van der Waals surface area contributed by atoms with Gasteiger partial charge in [-0.15, -0.1) is 0 Å². The van der Waals surface area contributed by atoms with Crippen LogP contribution in [0.15, 0.2) is 68.2 Å². The van der Waals surface area contributed by atoms with Gasteiger partial charge in [-0.2, -0.15) is 0 Å². The van der Waals surface area contributed by atoms with Crippen molar-refractivity contribution in [1.82, 2.24) is 0 Å². The van der Waals surface area contributed by atoms with Crippen LogP contribution in [-0.4, -0.2) is 11.7 Å². The van der Waals surface area contributed by atoms with E-state index in [2.05, 4.69) is 5.32 Å². The highest BCUT2D eigenvalue weighted by Gasteiger charge is 2.18. The largest absolute Gasteiger partial charge is 0.425 e. The molecule has 4 aromatic rings. The average Bonchev–Trinajstić information content (AvgIpc) is 3.07. The number of Topliss-reactive ketones (excluding diaryl/α,β-unsaturated/α-hetero) is 1. The fourth-order valence-corrected chi connectivity index (χ4v) is 2.72. The number of rotatable bonds is 3. The lowest BCUT2D eigenvalue weighted by atomic mass is 10.1. The third kappa shape index (κ3) is 2.67. The summed E-state index contributed by atoms with van der Waals surface area (Å²) in [5.74, 6) is -0.701. The molecular formula is C20H13NO5. The van der Waals surface area contributed by atoms with Crippen molar-refractivity contribution in [3.63, 3.8) is 0 Å². The van der Waals surface area contributed by atoms with Crippen LogP contribution in [0.1, 0.15) is 27.8 Å². The Morgan fingerprint density at radius 2 is 1.73 bits per heavy atom. The number of carbonyl (C=O) groups is 2. The standard InChI is InChI=1S/C20H13NO5/c1-11(22)12-5-4-6-13(9-12)21-19(24)17-10-15-18(23)14-7-2-3-8-16(14)25-20(15)26-17/h2-10H,1H3,(H,21,24). The highest BCUT2D eigenvalue weighted by atomic mass is 16.5. The molecule has 1 N–H and O–H groups in total. The van der Waals surface area contributed by atoms with Gasteiger partial charge in [0.1, 0.15) is 11.0 Å². The summed E-state index contributed by atoms with van der Waals surface area (Å²) in [4.78, 5) is 36.4. The minimum atomic E-state index is -0.541.